The van der Waals surface area contributed by atoms with E-state index in [1.54, 1.807) is 0 Å². The highest BCUT2D eigenvalue weighted by Crippen LogP contribution is 2.36. The standard InChI is InChI=1S/C38H32N4/c1-41(33-13-5-2-6-14-33)39-29-30-21-25-32(26-22-30)40-38-20-12-11-19-37(38)31-23-27-36(28-24-31)42(34-15-7-3-8-16-34)35-17-9-4-10-18-35/h2-29,40H,1H3. The summed E-state index contributed by atoms with van der Waals surface area (Å²) in [5, 5.41) is 10.1. The lowest BCUT2D eigenvalue weighted by molar-refractivity contribution is 1.02. The van der Waals surface area contributed by atoms with Crippen molar-refractivity contribution in [3.63, 3.8) is 0 Å². The number of para-hydroxylation sites is 4. The summed E-state index contributed by atoms with van der Waals surface area (Å²) in [7, 11) is 1.95. The van der Waals surface area contributed by atoms with Crippen LogP contribution in [0.25, 0.3) is 11.1 Å². The van der Waals surface area contributed by atoms with Gasteiger partial charge in [0.2, 0.25) is 0 Å². The van der Waals surface area contributed by atoms with Crippen LogP contribution in [0.2, 0.25) is 0 Å². The number of rotatable bonds is 9. The van der Waals surface area contributed by atoms with Gasteiger partial charge in [0.15, 0.2) is 0 Å². The van der Waals surface area contributed by atoms with E-state index in [0.29, 0.717) is 0 Å². The molecule has 0 aliphatic rings. The number of hydrogen-bond acceptors (Lipinski definition) is 4. The van der Waals surface area contributed by atoms with Crippen molar-refractivity contribution >= 4 is 40.3 Å². The summed E-state index contributed by atoms with van der Waals surface area (Å²) in [5.74, 6) is 0. The Balaban J connectivity index is 1.20. The molecule has 4 heteroatoms. The topological polar surface area (TPSA) is 30.9 Å². The fraction of sp³-hybridized carbons (Fsp3) is 0.0263. The monoisotopic (exact) mass is 544 g/mol. The minimum absolute atomic E-state index is 1.02. The number of anilines is 6. The number of nitrogens with one attached hydrogen (secondary N) is 1. The second kappa shape index (κ2) is 12.7. The average Bonchev–Trinajstić information content (AvgIpc) is 3.06. The number of benzene rings is 6. The Bertz CT molecular complexity index is 1690. The van der Waals surface area contributed by atoms with Crippen molar-refractivity contribution in [2.45, 2.75) is 0 Å². The third kappa shape index (κ3) is 6.24. The highest BCUT2D eigenvalue weighted by molar-refractivity contribution is 5.85. The summed E-state index contributed by atoms with van der Waals surface area (Å²) in [6, 6.07) is 56.5. The van der Waals surface area contributed by atoms with Crippen molar-refractivity contribution in [1.29, 1.82) is 0 Å². The Morgan fingerprint density at radius 2 is 1.00 bits per heavy atom. The van der Waals surface area contributed by atoms with Gasteiger partial charge in [0.05, 0.1) is 11.9 Å². The van der Waals surface area contributed by atoms with Gasteiger partial charge in [0, 0.05) is 41.0 Å². The molecule has 6 rings (SSSR count). The molecule has 0 saturated carbocycles. The highest BCUT2D eigenvalue weighted by Gasteiger charge is 2.13. The predicted molar refractivity (Wildman–Crippen MR) is 179 cm³/mol. The molecule has 4 nitrogen and oxygen atoms in total. The fourth-order valence-corrected chi connectivity index (χ4v) is 4.91. The quantitative estimate of drug-likeness (QED) is 0.145. The van der Waals surface area contributed by atoms with Crippen LogP contribution in [0.5, 0.6) is 0 Å². The summed E-state index contributed by atoms with van der Waals surface area (Å²) in [6.45, 7) is 0. The first-order chi connectivity index (χ1) is 20.7. The average molecular weight is 545 g/mol. The lowest BCUT2D eigenvalue weighted by atomic mass is 10.0. The largest absolute Gasteiger partial charge is 0.355 e. The van der Waals surface area contributed by atoms with Crippen molar-refractivity contribution < 1.29 is 0 Å². The second-order valence-corrected chi connectivity index (χ2v) is 9.95. The van der Waals surface area contributed by atoms with Gasteiger partial charge < -0.3 is 10.2 Å². The molecule has 0 spiro atoms. The van der Waals surface area contributed by atoms with Gasteiger partial charge in [-0.25, -0.2) is 0 Å². The molecule has 1 N–H and O–H groups in total. The molecule has 0 fully saturated rings. The van der Waals surface area contributed by atoms with Crippen LogP contribution in [0, 0.1) is 0 Å². The zero-order chi connectivity index (χ0) is 28.6. The Hall–Kier alpha value is -5.61. The van der Waals surface area contributed by atoms with Crippen molar-refractivity contribution in [3.8, 4) is 11.1 Å². The van der Waals surface area contributed by atoms with Crippen molar-refractivity contribution in [3.05, 3.63) is 169 Å². The normalized spacial score (nSPS) is 10.9. The minimum Gasteiger partial charge on any atom is -0.355 e. The third-order valence-corrected chi connectivity index (χ3v) is 7.09. The molecule has 0 aromatic heterocycles. The lowest BCUT2D eigenvalue weighted by Crippen LogP contribution is -2.09. The second-order valence-electron chi connectivity index (χ2n) is 9.95. The summed E-state index contributed by atoms with van der Waals surface area (Å²) >= 11 is 0. The summed E-state index contributed by atoms with van der Waals surface area (Å²) in [5.41, 5.74) is 9.80. The van der Waals surface area contributed by atoms with Crippen molar-refractivity contribution in [1.82, 2.24) is 0 Å². The van der Waals surface area contributed by atoms with E-state index in [9.17, 15) is 0 Å². The maximum absolute atomic E-state index is 4.57. The Morgan fingerprint density at radius 1 is 0.500 bits per heavy atom. The molecule has 0 unspecified atom stereocenters. The molecule has 0 bridgehead atoms. The zero-order valence-corrected chi connectivity index (χ0v) is 23.5. The first-order valence-electron chi connectivity index (χ1n) is 14.0. The molecule has 0 atom stereocenters. The Labute approximate surface area is 247 Å². The molecule has 0 saturated heterocycles. The van der Waals surface area contributed by atoms with Crippen LogP contribution in [-0.4, -0.2) is 13.3 Å². The molecular weight excluding hydrogens is 512 g/mol. The van der Waals surface area contributed by atoms with E-state index >= 15 is 0 Å². The van der Waals surface area contributed by atoms with E-state index < -0.39 is 0 Å². The molecule has 204 valence electrons. The smallest absolute Gasteiger partial charge is 0.0590 e. The maximum Gasteiger partial charge on any atom is 0.0590 e. The molecule has 0 heterocycles. The summed E-state index contributed by atoms with van der Waals surface area (Å²) < 4.78 is 0. The summed E-state index contributed by atoms with van der Waals surface area (Å²) in [4.78, 5) is 2.27. The molecular formula is C38H32N4. The van der Waals surface area contributed by atoms with E-state index in [-0.39, 0.29) is 0 Å². The van der Waals surface area contributed by atoms with Crippen LogP contribution in [0.3, 0.4) is 0 Å². The van der Waals surface area contributed by atoms with Gasteiger partial charge in [-0.3, -0.25) is 5.01 Å². The van der Waals surface area contributed by atoms with E-state index in [1.165, 1.54) is 0 Å². The van der Waals surface area contributed by atoms with Gasteiger partial charge in [-0.15, -0.1) is 0 Å². The molecule has 42 heavy (non-hydrogen) atoms. The van der Waals surface area contributed by atoms with Crippen molar-refractivity contribution in [2.24, 2.45) is 5.10 Å². The third-order valence-electron chi connectivity index (χ3n) is 7.09. The van der Waals surface area contributed by atoms with Gasteiger partial charge >= 0.3 is 0 Å². The van der Waals surface area contributed by atoms with Gasteiger partial charge in [-0.2, -0.15) is 5.10 Å². The van der Waals surface area contributed by atoms with Gasteiger partial charge in [0.25, 0.3) is 0 Å². The van der Waals surface area contributed by atoms with Gasteiger partial charge in [-0.1, -0.05) is 97.1 Å². The molecule has 6 aromatic carbocycles. The lowest BCUT2D eigenvalue weighted by Gasteiger charge is -2.25. The van der Waals surface area contributed by atoms with Crippen LogP contribution in [0.4, 0.5) is 34.1 Å². The number of hydrogen-bond donors (Lipinski definition) is 1. The fourth-order valence-electron chi connectivity index (χ4n) is 4.91. The van der Waals surface area contributed by atoms with E-state index in [2.05, 4.69) is 137 Å². The van der Waals surface area contributed by atoms with Crippen LogP contribution >= 0.6 is 0 Å². The first kappa shape index (κ1) is 26.6. The molecule has 6 aromatic rings. The zero-order valence-electron chi connectivity index (χ0n) is 23.5. The van der Waals surface area contributed by atoms with Crippen LogP contribution in [0.15, 0.2) is 169 Å². The van der Waals surface area contributed by atoms with Crippen LogP contribution in [0.1, 0.15) is 5.56 Å². The SMILES string of the molecule is CN(N=Cc1ccc(Nc2ccccc2-c2ccc(N(c3ccccc3)c3ccccc3)cc2)cc1)c1ccccc1. The maximum atomic E-state index is 4.57. The molecule has 0 radical (unpaired) electrons. The molecule has 0 amide bonds. The predicted octanol–water partition coefficient (Wildman–Crippen LogP) is 10.0. The number of nitrogens with zero attached hydrogens (tertiary/aromatic N) is 3. The Kier molecular flexibility index (Phi) is 8.05. The number of hydrazone groups is 1. The van der Waals surface area contributed by atoms with Crippen molar-refractivity contribution in [2.75, 3.05) is 22.3 Å². The molecule has 0 aliphatic heterocycles. The molecule has 0 aliphatic carbocycles. The van der Waals surface area contributed by atoms with Crippen LogP contribution in [-0.2, 0) is 0 Å². The Morgan fingerprint density at radius 3 is 1.60 bits per heavy atom. The van der Waals surface area contributed by atoms with Crippen LogP contribution < -0.4 is 15.2 Å². The van der Waals surface area contributed by atoms with Gasteiger partial charge in [0.1, 0.15) is 0 Å². The highest BCUT2D eigenvalue weighted by atomic mass is 15.4. The minimum atomic E-state index is 1.02. The first-order valence-corrected chi connectivity index (χ1v) is 14.0. The van der Waals surface area contributed by atoms with E-state index in [0.717, 1.165) is 50.8 Å². The van der Waals surface area contributed by atoms with E-state index in [4.69, 9.17) is 0 Å². The van der Waals surface area contributed by atoms with Gasteiger partial charge in [-0.05, 0) is 77.9 Å². The summed E-state index contributed by atoms with van der Waals surface area (Å²) in [6.07, 6.45) is 1.88. The van der Waals surface area contributed by atoms with E-state index in [1.807, 2.05) is 60.7 Å².